The number of anilines is 2. The molecule has 0 aliphatic carbocycles. The topological polar surface area (TPSA) is 28.2 Å². The molecule has 0 saturated carbocycles. The van der Waals surface area contributed by atoms with Gasteiger partial charge in [-0.3, -0.25) is 4.98 Å². The zero-order chi connectivity index (χ0) is 13.8. The minimum absolute atomic E-state index is 0.813. The lowest BCUT2D eigenvalue weighted by atomic mass is 10.1. The Labute approximate surface area is 115 Å². The lowest BCUT2D eigenvalue weighted by molar-refractivity contribution is 1.08. The second-order valence-electron chi connectivity index (χ2n) is 5.06. The monoisotopic (exact) mass is 255 g/mol. The summed E-state index contributed by atoms with van der Waals surface area (Å²) in [6, 6.07) is 8.58. The molecule has 3 nitrogen and oxygen atoms in total. The number of nitrogens with zero attached hydrogens (tertiary/aromatic N) is 2. The van der Waals surface area contributed by atoms with Crippen LogP contribution in [0.4, 0.5) is 11.4 Å². The number of hydrogen-bond acceptors (Lipinski definition) is 3. The Morgan fingerprint density at radius 2 is 1.89 bits per heavy atom. The Kier molecular flexibility index (Phi) is 4.05. The quantitative estimate of drug-likeness (QED) is 0.907. The molecule has 0 aliphatic heterocycles. The first-order valence-electron chi connectivity index (χ1n) is 6.49. The number of rotatable bonds is 4. The maximum absolute atomic E-state index is 4.18. The molecule has 0 radical (unpaired) electrons. The van der Waals surface area contributed by atoms with Gasteiger partial charge in [0.25, 0.3) is 0 Å². The molecule has 0 atom stereocenters. The molecule has 0 spiro atoms. The van der Waals surface area contributed by atoms with E-state index in [0.717, 1.165) is 17.9 Å². The largest absolute Gasteiger partial charge is 0.378 e. The van der Waals surface area contributed by atoms with Gasteiger partial charge in [0.15, 0.2) is 0 Å². The van der Waals surface area contributed by atoms with Crippen LogP contribution in [0.15, 0.2) is 36.7 Å². The molecule has 3 heteroatoms. The normalized spacial score (nSPS) is 10.3. The summed E-state index contributed by atoms with van der Waals surface area (Å²) >= 11 is 0. The van der Waals surface area contributed by atoms with Gasteiger partial charge in [-0.1, -0.05) is 18.2 Å². The highest BCUT2D eigenvalue weighted by atomic mass is 15.1. The molecule has 0 amide bonds. The van der Waals surface area contributed by atoms with Gasteiger partial charge in [0.1, 0.15) is 0 Å². The smallest absolute Gasteiger partial charge is 0.0766 e. The molecule has 0 unspecified atom stereocenters. The van der Waals surface area contributed by atoms with E-state index in [1.54, 1.807) is 0 Å². The van der Waals surface area contributed by atoms with Gasteiger partial charge in [0, 0.05) is 26.8 Å². The number of aromatic nitrogens is 1. The zero-order valence-corrected chi connectivity index (χ0v) is 12.1. The van der Waals surface area contributed by atoms with Crippen molar-refractivity contribution in [3.8, 4) is 0 Å². The molecule has 19 heavy (non-hydrogen) atoms. The Balaban J connectivity index is 2.12. The van der Waals surface area contributed by atoms with Crippen molar-refractivity contribution in [2.45, 2.75) is 20.4 Å². The van der Waals surface area contributed by atoms with E-state index in [2.05, 4.69) is 47.2 Å². The first kappa shape index (κ1) is 13.4. The maximum atomic E-state index is 4.18. The molecule has 1 aromatic carbocycles. The highest BCUT2D eigenvalue weighted by Gasteiger charge is 2.04. The average Bonchev–Trinajstić information content (AvgIpc) is 2.40. The van der Waals surface area contributed by atoms with E-state index in [-0.39, 0.29) is 0 Å². The molecule has 0 fully saturated rings. The average molecular weight is 255 g/mol. The molecule has 2 rings (SSSR count). The van der Waals surface area contributed by atoms with Crippen LogP contribution in [0.1, 0.15) is 16.7 Å². The van der Waals surface area contributed by atoms with Crippen LogP contribution in [-0.4, -0.2) is 19.1 Å². The number of hydrogen-bond donors (Lipinski definition) is 1. The standard InChI is InChI=1S/C16H21N3/c1-12-5-6-14(9-13(12)2)10-18-15-11-17-8-7-16(15)19(3)4/h5-9,11,18H,10H2,1-4H3. The summed E-state index contributed by atoms with van der Waals surface area (Å²) in [7, 11) is 4.08. The fourth-order valence-electron chi connectivity index (χ4n) is 2.02. The van der Waals surface area contributed by atoms with Crippen LogP contribution in [0.5, 0.6) is 0 Å². The SMILES string of the molecule is Cc1ccc(CNc2cnccc2N(C)C)cc1C. The first-order valence-corrected chi connectivity index (χ1v) is 6.49. The van der Waals surface area contributed by atoms with E-state index >= 15 is 0 Å². The third-order valence-electron chi connectivity index (χ3n) is 3.33. The van der Waals surface area contributed by atoms with Gasteiger partial charge >= 0.3 is 0 Å². The third-order valence-corrected chi connectivity index (χ3v) is 3.33. The van der Waals surface area contributed by atoms with E-state index in [4.69, 9.17) is 0 Å². The molecule has 2 aromatic rings. The van der Waals surface area contributed by atoms with E-state index < -0.39 is 0 Å². The number of nitrogens with one attached hydrogen (secondary N) is 1. The maximum Gasteiger partial charge on any atom is 0.0766 e. The lowest BCUT2D eigenvalue weighted by Crippen LogP contribution is -2.12. The second kappa shape index (κ2) is 5.74. The Morgan fingerprint density at radius 1 is 1.11 bits per heavy atom. The first-order chi connectivity index (χ1) is 9.08. The van der Waals surface area contributed by atoms with E-state index in [9.17, 15) is 0 Å². The van der Waals surface area contributed by atoms with Gasteiger partial charge in [0.2, 0.25) is 0 Å². The second-order valence-corrected chi connectivity index (χ2v) is 5.06. The van der Waals surface area contributed by atoms with Crippen molar-refractivity contribution in [3.05, 3.63) is 53.3 Å². The minimum Gasteiger partial charge on any atom is -0.378 e. The molecular weight excluding hydrogens is 234 g/mol. The Bertz CT molecular complexity index is 562. The van der Waals surface area contributed by atoms with Gasteiger partial charge in [-0.15, -0.1) is 0 Å². The molecule has 100 valence electrons. The lowest BCUT2D eigenvalue weighted by Gasteiger charge is -2.18. The zero-order valence-electron chi connectivity index (χ0n) is 12.1. The summed E-state index contributed by atoms with van der Waals surface area (Å²) in [5, 5.41) is 3.45. The van der Waals surface area contributed by atoms with E-state index in [1.807, 2.05) is 32.6 Å². The molecule has 1 heterocycles. The van der Waals surface area contributed by atoms with E-state index in [0.29, 0.717) is 0 Å². The highest BCUT2D eigenvalue weighted by molar-refractivity contribution is 5.68. The van der Waals surface area contributed by atoms with Gasteiger partial charge in [-0.2, -0.15) is 0 Å². The van der Waals surface area contributed by atoms with Crippen molar-refractivity contribution >= 4 is 11.4 Å². The summed E-state index contributed by atoms with van der Waals surface area (Å²) in [5.74, 6) is 0. The summed E-state index contributed by atoms with van der Waals surface area (Å²) < 4.78 is 0. The Morgan fingerprint density at radius 3 is 2.58 bits per heavy atom. The van der Waals surface area contributed by atoms with Gasteiger partial charge < -0.3 is 10.2 Å². The summed E-state index contributed by atoms with van der Waals surface area (Å²) in [6.07, 6.45) is 3.69. The number of pyridine rings is 1. The molecular formula is C16H21N3. The fourth-order valence-corrected chi connectivity index (χ4v) is 2.02. The van der Waals surface area contributed by atoms with E-state index in [1.165, 1.54) is 16.7 Å². The van der Waals surface area contributed by atoms with Gasteiger partial charge in [0.05, 0.1) is 17.6 Å². The van der Waals surface area contributed by atoms with Crippen molar-refractivity contribution in [3.63, 3.8) is 0 Å². The van der Waals surface area contributed by atoms with Crippen LogP contribution in [0.3, 0.4) is 0 Å². The molecule has 1 aromatic heterocycles. The van der Waals surface area contributed by atoms with Gasteiger partial charge in [-0.25, -0.2) is 0 Å². The van der Waals surface area contributed by atoms with Crippen LogP contribution in [0, 0.1) is 13.8 Å². The summed E-state index contributed by atoms with van der Waals surface area (Å²) in [4.78, 5) is 6.27. The van der Waals surface area contributed by atoms with Crippen molar-refractivity contribution < 1.29 is 0 Å². The predicted octanol–water partition coefficient (Wildman–Crippen LogP) is 3.38. The molecule has 0 aliphatic rings. The van der Waals surface area contributed by atoms with Crippen molar-refractivity contribution in [2.24, 2.45) is 0 Å². The van der Waals surface area contributed by atoms with Crippen molar-refractivity contribution in [2.75, 3.05) is 24.3 Å². The predicted molar refractivity (Wildman–Crippen MR) is 81.8 cm³/mol. The van der Waals surface area contributed by atoms with Gasteiger partial charge in [-0.05, 0) is 36.6 Å². The van der Waals surface area contributed by atoms with Crippen LogP contribution < -0.4 is 10.2 Å². The fraction of sp³-hybridized carbons (Fsp3) is 0.312. The van der Waals surface area contributed by atoms with Crippen LogP contribution in [0.25, 0.3) is 0 Å². The summed E-state index contributed by atoms with van der Waals surface area (Å²) in [6.45, 7) is 5.10. The minimum atomic E-state index is 0.813. The van der Waals surface area contributed by atoms with Crippen molar-refractivity contribution in [1.82, 2.24) is 4.98 Å². The highest BCUT2D eigenvalue weighted by Crippen LogP contribution is 2.23. The van der Waals surface area contributed by atoms with Crippen LogP contribution in [-0.2, 0) is 6.54 Å². The molecule has 1 N–H and O–H groups in total. The number of aryl methyl sites for hydroxylation is 2. The van der Waals surface area contributed by atoms with Crippen molar-refractivity contribution in [1.29, 1.82) is 0 Å². The molecule has 0 saturated heterocycles. The summed E-state index contributed by atoms with van der Waals surface area (Å²) in [5.41, 5.74) is 6.17. The molecule has 0 bridgehead atoms. The Hall–Kier alpha value is -2.03. The van der Waals surface area contributed by atoms with Crippen LogP contribution in [0.2, 0.25) is 0 Å². The number of benzene rings is 1. The third kappa shape index (κ3) is 3.25. The van der Waals surface area contributed by atoms with Crippen LogP contribution >= 0.6 is 0 Å².